The van der Waals surface area contributed by atoms with Crippen molar-refractivity contribution >= 4 is 40.2 Å². The van der Waals surface area contributed by atoms with Crippen LogP contribution in [-0.4, -0.2) is 26.9 Å². The van der Waals surface area contributed by atoms with Gasteiger partial charge in [-0.3, -0.25) is 0 Å². The predicted molar refractivity (Wildman–Crippen MR) is 100 cm³/mol. The van der Waals surface area contributed by atoms with Crippen molar-refractivity contribution in [1.82, 2.24) is 0 Å². The topological polar surface area (TPSA) is 9.23 Å². The molecule has 19 heavy (non-hydrogen) atoms. The van der Waals surface area contributed by atoms with Gasteiger partial charge in [-0.1, -0.05) is 77.8 Å². The molecular formula is C14H34OS2Si2. The molecule has 0 heterocycles. The van der Waals surface area contributed by atoms with Gasteiger partial charge < -0.3 is 0 Å². The van der Waals surface area contributed by atoms with E-state index in [1.165, 1.54) is 47.0 Å². The van der Waals surface area contributed by atoms with Crippen LogP contribution in [0.3, 0.4) is 0 Å². The fourth-order valence-electron chi connectivity index (χ4n) is 2.44. The summed E-state index contributed by atoms with van der Waals surface area (Å²) in [4.78, 5) is 0. The highest BCUT2D eigenvalue weighted by molar-refractivity contribution is 8.09. The molecule has 0 N–H and O–H groups in total. The zero-order valence-corrected chi connectivity index (χ0v) is 17.5. The van der Waals surface area contributed by atoms with Crippen molar-refractivity contribution in [2.24, 2.45) is 0 Å². The lowest BCUT2D eigenvalue weighted by Gasteiger charge is -2.28. The molecule has 5 heteroatoms. The van der Waals surface area contributed by atoms with E-state index in [1.54, 1.807) is 24.1 Å². The van der Waals surface area contributed by atoms with Gasteiger partial charge in [0.15, 0.2) is 0 Å². The fraction of sp³-hybridized carbons (Fsp3) is 1.00. The molecule has 0 aliphatic heterocycles. The first-order valence-electron chi connectivity index (χ1n) is 7.98. The standard InChI is InChI=1S/C14H34OS2Si2/c1-7-18(8-2,9-3)13-16-15-17-14-19(10-4,11-5)12-6/h7-14H2,1-6H3. The zero-order valence-electron chi connectivity index (χ0n) is 13.9. The second kappa shape index (κ2) is 10.8. The first-order valence-corrected chi connectivity index (χ1v) is 15.5. The predicted octanol–water partition coefficient (Wildman–Crippen LogP) is 6.39. The molecular weight excluding hydrogens is 304 g/mol. The molecule has 0 spiro atoms. The summed E-state index contributed by atoms with van der Waals surface area (Å²) >= 11 is 3.51. The maximum Gasteiger partial charge on any atom is 0.0661 e. The third-order valence-corrected chi connectivity index (χ3v) is 20.9. The van der Waals surface area contributed by atoms with E-state index in [9.17, 15) is 0 Å². The van der Waals surface area contributed by atoms with Gasteiger partial charge in [0.2, 0.25) is 0 Å². The molecule has 0 bridgehead atoms. The number of rotatable bonds is 12. The van der Waals surface area contributed by atoms with Gasteiger partial charge in [0, 0.05) is 34.8 Å². The van der Waals surface area contributed by atoms with E-state index in [0.29, 0.717) is 0 Å². The Hall–Kier alpha value is 1.09. The molecule has 0 saturated heterocycles. The van der Waals surface area contributed by atoms with Crippen LogP contribution in [0.15, 0.2) is 0 Å². The summed E-state index contributed by atoms with van der Waals surface area (Å²) in [5, 5.41) is 2.56. The molecule has 0 saturated carbocycles. The Morgan fingerprint density at radius 3 is 1.05 bits per heavy atom. The van der Waals surface area contributed by atoms with Gasteiger partial charge in [-0.15, -0.1) is 0 Å². The second-order valence-corrected chi connectivity index (χ2v) is 19.3. The zero-order chi connectivity index (χ0) is 14.8. The van der Waals surface area contributed by atoms with Crippen LogP contribution >= 0.6 is 24.1 Å². The third-order valence-electron chi connectivity index (χ3n) is 5.33. The summed E-state index contributed by atoms with van der Waals surface area (Å²) in [6.07, 6.45) is 0. The number of hydrogen-bond donors (Lipinski definition) is 0. The molecule has 0 unspecified atom stereocenters. The van der Waals surface area contributed by atoms with E-state index in [4.69, 9.17) is 3.63 Å². The largest absolute Gasteiger partial charge is 0.248 e. The van der Waals surface area contributed by atoms with Crippen LogP contribution in [0.4, 0.5) is 0 Å². The van der Waals surface area contributed by atoms with Crippen molar-refractivity contribution in [3.63, 3.8) is 0 Å². The summed E-state index contributed by atoms with van der Waals surface area (Å²) < 4.78 is 5.86. The lowest BCUT2D eigenvalue weighted by Crippen LogP contribution is -2.36. The minimum atomic E-state index is -1.00. The highest BCUT2D eigenvalue weighted by Crippen LogP contribution is 2.30. The van der Waals surface area contributed by atoms with Crippen LogP contribution in [0.25, 0.3) is 0 Å². The summed E-state index contributed by atoms with van der Waals surface area (Å²) in [6, 6.07) is 8.41. The van der Waals surface area contributed by atoms with Crippen LogP contribution in [-0.2, 0) is 3.63 Å². The Morgan fingerprint density at radius 1 is 0.579 bits per heavy atom. The molecule has 116 valence electrons. The second-order valence-electron chi connectivity index (χ2n) is 5.71. The Morgan fingerprint density at radius 2 is 0.842 bits per heavy atom. The lowest BCUT2D eigenvalue weighted by atomic mass is 10.9. The van der Waals surface area contributed by atoms with Gasteiger partial charge >= 0.3 is 0 Å². The molecule has 0 aliphatic carbocycles. The number of hydrogen-bond acceptors (Lipinski definition) is 3. The third kappa shape index (κ3) is 6.59. The summed E-state index contributed by atoms with van der Waals surface area (Å²) in [5.41, 5.74) is 0. The normalized spacial score (nSPS) is 12.9. The molecule has 0 aliphatic rings. The monoisotopic (exact) mass is 338 g/mol. The van der Waals surface area contributed by atoms with Crippen molar-refractivity contribution in [3.8, 4) is 0 Å². The lowest BCUT2D eigenvalue weighted by molar-refractivity contribution is 0.764. The molecule has 0 rings (SSSR count). The van der Waals surface area contributed by atoms with Crippen molar-refractivity contribution in [1.29, 1.82) is 0 Å². The summed E-state index contributed by atoms with van der Waals surface area (Å²) in [6.45, 7) is 14.2. The van der Waals surface area contributed by atoms with Gasteiger partial charge in [-0.2, -0.15) is 0 Å². The molecule has 0 fully saturated rings. The smallest absolute Gasteiger partial charge is 0.0661 e. The maximum atomic E-state index is 5.86. The van der Waals surface area contributed by atoms with E-state index >= 15 is 0 Å². The molecule has 0 amide bonds. The molecule has 0 radical (unpaired) electrons. The van der Waals surface area contributed by atoms with E-state index < -0.39 is 16.1 Å². The van der Waals surface area contributed by atoms with Crippen molar-refractivity contribution in [2.45, 2.75) is 77.8 Å². The quantitative estimate of drug-likeness (QED) is 0.232. The van der Waals surface area contributed by atoms with E-state index in [1.807, 2.05) is 0 Å². The van der Waals surface area contributed by atoms with E-state index in [-0.39, 0.29) is 0 Å². The molecule has 0 aromatic heterocycles. The van der Waals surface area contributed by atoms with Crippen LogP contribution < -0.4 is 0 Å². The van der Waals surface area contributed by atoms with Crippen LogP contribution in [0.2, 0.25) is 36.3 Å². The summed E-state index contributed by atoms with van der Waals surface area (Å²) in [5.74, 6) is 0. The van der Waals surface area contributed by atoms with Crippen molar-refractivity contribution in [2.75, 3.05) is 10.8 Å². The van der Waals surface area contributed by atoms with Gasteiger partial charge in [-0.25, -0.2) is 3.63 Å². The SMILES string of the molecule is CC[Si](CC)(CC)CSOSC[Si](CC)(CC)CC. The molecule has 0 aromatic carbocycles. The van der Waals surface area contributed by atoms with Crippen molar-refractivity contribution < 1.29 is 3.63 Å². The minimum absolute atomic E-state index is 1.00. The Kier molecular flexibility index (Phi) is 11.4. The van der Waals surface area contributed by atoms with Crippen LogP contribution in [0, 0.1) is 0 Å². The maximum absolute atomic E-state index is 5.86. The minimum Gasteiger partial charge on any atom is -0.248 e. The first-order chi connectivity index (χ1) is 9.07. The van der Waals surface area contributed by atoms with Crippen LogP contribution in [0.1, 0.15) is 41.5 Å². The van der Waals surface area contributed by atoms with Gasteiger partial charge in [0.05, 0.1) is 16.1 Å². The first kappa shape index (κ1) is 20.1. The van der Waals surface area contributed by atoms with Gasteiger partial charge in [-0.05, 0) is 0 Å². The highest BCUT2D eigenvalue weighted by atomic mass is 32.2. The Bertz CT molecular complexity index is 181. The van der Waals surface area contributed by atoms with Crippen molar-refractivity contribution in [3.05, 3.63) is 0 Å². The Balaban J connectivity index is 3.98. The van der Waals surface area contributed by atoms with Crippen LogP contribution in [0.5, 0.6) is 0 Å². The highest BCUT2D eigenvalue weighted by Gasteiger charge is 2.29. The van der Waals surface area contributed by atoms with Gasteiger partial charge in [0.25, 0.3) is 0 Å². The molecule has 1 nitrogen and oxygen atoms in total. The van der Waals surface area contributed by atoms with E-state index in [0.717, 1.165) is 0 Å². The fourth-order valence-corrected chi connectivity index (χ4v) is 13.9. The molecule has 0 aromatic rings. The van der Waals surface area contributed by atoms with Gasteiger partial charge in [0.1, 0.15) is 0 Å². The van der Waals surface area contributed by atoms with E-state index in [2.05, 4.69) is 41.5 Å². The Labute approximate surface area is 132 Å². The molecule has 0 atom stereocenters. The average Bonchev–Trinajstić information content (AvgIpc) is 2.48. The average molecular weight is 339 g/mol. The summed E-state index contributed by atoms with van der Waals surface area (Å²) in [7, 11) is -2.00.